The molecule has 4 nitrogen and oxygen atoms in total. The van der Waals surface area contributed by atoms with E-state index < -0.39 is 0 Å². The number of fused-ring (bicyclic) bond motifs is 1. The molecule has 4 heteroatoms. The number of hydrogen-bond donors (Lipinski definition) is 2. The lowest BCUT2D eigenvalue weighted by molar-refractivity contribution is 0.306. The number of oxime groups is 1. The lowest BCUT2D eigenvalue weighted by Gasteiger charge is -2.08. The number of hydrogen-bond acceptors (Lipinski definition) is 3. The van der Waals surface area contributed by atoms with Crippen LogP contribution >= 0.6 is 0 Å². The van der Waals surface area contributed by atoms with E-state index in [-0.39, 0.29) is 5.84 Å². The molecule has 0 spiro atoms. The highest BCUT2D eigenvalue weighted by atomic mass is 16.5. The molecule has 2 aromatic carbocycles. The van der Waals surface area contributed by atoms with Gasteiger partial charge in [-0.25, -0.2) is 0 Å². The van der Waals surface area contributed by atoms with Gasteiger partial charge in [-0.1, -0.05) is 23.4 Å². The summed E-state index contributed by atoms with van der Waals surface area (Å²) in [6.07, 6.45) is 3.64. The Hall–Kier alpha value is -2.49. The van der Waals surface area contributed by atoms with E-state index in [2.05, 4.69) is 23.4 Å². The summed E-state index contributed by atoms with van der Waals surface area (Å²) < 4.78 is 5.78. The molecule has 0 atom stereocenters. The standard InChI is InChI=1S/C17H18N2O2/c18-17(19-20)14-6-8-16(9-7-14)21-11-12-4-5-13-2-1-3-15(13)10-12/h4-10,20H,1-3,11H2,(H2,18,19). The summed E-state index contributed by atoms with van der Waals surface area (Å²) in [7, 11) is 0. The van der Waals surface area contributed by atoms with Gasteiger partial charge < -0.3 is 15.7 Å². The van der Waals surface area contributed by atoms with Gasteiger partial charge in [0.15, 0.2) is 5.84 Å². The fourth-order valence-electron chi connectivity index (χ4n) is 2.66. The molecule has 0 bridgehead atoms. The van der Waals surface area contributed by atoms with Crippen LogP contribution in [0.2, 0.25) is 0 Å². The normalized spacial score (nSPS) is 14.0. The predicted molar refractivity (Wildman–Crippen MR) is 81.8 cm³/mol. The van der Waals surface area contributed by atoms with E-state index in [9.17, 15) is 0 Å². The highest BCUT2D eigenvalue weighted by Gasteiger charge is 2.10. The summed E-state index contributed by atoms with van der Waals surface area (Å²) >= 11 is 0. The first-order valence-electron chi connectivity index (χ1n) is 7.08. The largest absolute Gasteiger partial charge is 0.489 e. The van der Waals surface area contributed by atoms with E-state index >= 15 is 0 Å². The molecule has 0 heterocycles. The molecule has 0 saturated heterocycles. The van der Waals surface area contributed by atoms with Crippen molar-refractivity contribution in [2.75, 3.05) is 0 Å². The number of nitrogens with zero attached hydrogens (tertiary/aromatic N) is 1. The number of rotatable bonds is 4. The van der Waals surface area contributed by atoms with Crippen LogP contribution in [0.4, 0.5) is 0 Å². The zero-order valence-electron chi connectivity index (χ0n) is 11.7. The van der Waals surface area contributed by atoms with E-state index in [1.165, 1.54) is 36.0 Å². The Labute approximate surface area is 123 Å². The lowest BCUT2D eigenvalue weighted by atomic mass is 10.1. The minimum Gasteiger partial charge on any atom is -0.489 e. The minimum atomic E-state index is 0.0974. The summed E-state index contributed by atoms with van der Waals surface area (Å²) in [6.45, 7) is 0.552. The minimum absolute atomic E-state index is 0.0974. The molecule has 3 rings (SSSR count). The van der Waals surface area contributed by atoms with Gasteiger partial charge in [0.1, 0.15) is 12.4 Å². The van der Waals surface area contributed by atoms with Gasteiger partial charge in [0, 0.05) is 5.56 Å². The maximum atomic E-state index is 8.62. The molecule has 1 aliphatic rings. The van der Waals surface area contributed by atoms with Gasteiger partial charge in [-0.3, -0.25) is 0 Å². The summed E-state index contributed by atoms with van der Waals surface area (Å²) in [4.78, 5) is 0. The second-order valence-corrected chi connectivity index (χ2v) is 5.25. The number of amidine groups is 1. The molecular formula is C17H18N2O2. The summed E-state index contributed by atoms with van der Waals surface area (Å²) in [5.74, 6) is 0.866. The first-order chi connectivity index (χ1) is 10.3. The molecule has 0 unspecified atom stereocenters. The smallest absolute Gasteiger partial charge is 0.170 e. The third-order valence-electron chi connectivity index (χ3n) is 3.83. The second-order valence-electron chi connectivity index (χ2n) is 5.25. The van der Waals surface area contributed by atoms with Gasteiger partial charge in [0.2, 0.25) is 0 Å². The molecule has 108 valence electrons. The molecule has 0 aliphatic heterocycles. The van der Waals surface area contributed by atoms with Crippen LogP contribution in [0.1, 0.15) is 28.7 Å². The molecular weight excluding hydrogens is 264 g/mol. The molecule has 0 aromatic heterocycles. The van der Waals surface area contributed by atoms with Crippen molar-refractivity contribution in [3.05, 3.63) is 64.7 Å². The van der Waals surface area contributed by atoms with Crippen LogP contribution in [-0.4, -0.2) is 11.0 Å². The Morgan fingerprint density at radius 1 is 1.10 bits per heavy atom. The summed E-state index contributed by atoms with van der Waals surface area (Å²) in [5.41, 5.74) is 10.3. The number of benzene rings is 2. The van der Waals surface area contributed by atoms with Crippen LogP contribution < -0.4 is 10.5 Å². The zero-order chi connectivity index (χ0) is 14.7. The van der Waals surface area contributed by atoms with Gasteiger partial charge in [-0.15, -0.1) is 0 Å². The number of nitrogens with two attached hydrogens (primary N) is 1. The van der Waals surface area contributed by atoms with Gasteiger partial charge in [-0.2, -0.15) is 0 Å². The fourth-order valence-corrected chi connectivity index (χ4v) is 2.66. The molecule has 21 heavy (non-hydrogen) atoms. The van der Waals surface area contributed by atoms with Crippen molar-refractivity contribution in [2.24, 2.45) is 10.9 Å². The Bertz CT molecular complexity index is 663. The van der Waals surface area contributed by atoms with Crippen molar-refractivity contribution in [1.29, 1.82) is 0 Å². The van der Waals surface area contributed by atoms with Gasteiger partial charge >= 0.3 is 0 Å². The molecule has 0 amide bonds. The van der Waals surface area contributed by atoms with Crippen molar-refractivity contribution in [3.8, 4) is 5.75 Å². The Morgan fingerprint density at radius 3 is 2.62 bits per heavy atom. The van der Waals surface area contributed by atoms with Crippen LogP contribution in [0.5, 0.6) is 5.75 Å². The van der Waals surface area contributed by atoms with E-state index in [0.717, 1.165) is 5.75 Å². The van der Waals surface area contributed by atoms with Crippen molar-refractivity contribution < 1.29 is 9.94 Å². The van der Waals surface area contributed by atoms with Gasteiger partial charge in [0.05, 0.1) is 0 Å². The first-order valence-corrected chi connectivity index (χ1v) is 7.08. The van der Waals surface area contributed by atoms with Crippen molar-refractivity contribution >= 4 is 5.84 Å². The van der Waals surface area contributed by atoms with Crippen molar-refractivity contribution in [3.63, 3.8) is 0 Å². The van der Waals surface area contributed by atoms with Crippen LogP contribution in [0, 0.1) is 0 Å². The number of aryl methyl sites for hydroxylation is 2. The van der Waals surface area contributed by atoms with Crippen LogP contribution in [-0.2, 0) is 19.4 Å². The summed E-state index contributed by atoms with van der Waals surface area (Å²) in [5, 5.41) is 11.6. The van der Waals surface area contributed by atoms with Crippen LogP contribution in [0.3, 0.4) is 0 Å². The highest BCUT2D eigenvalue weighted by Crippen LogP contribution is 2.23. The van der Waals surface area contributed by atoms with E-state index in [0.29, 0.717) is 12.2 Å². The topological polar surface area (TPSA) is 67.8 Å². The predicted octanol–water partition coefficient (Wildman–Crippen LogP) is 2.85. The van der Waals surface area contributed by atoms with E-state index in [1.807, 2.05) is 12.1 Å². The third kappa shape index (κ3) is 2.99. The number of ether oxygens (including phenoxy) is 1. The Balaban J connectivity index is 1.65. The average Bonchev–Trinajstić information content (AvgIpc) is 3.00. The molecule has 0 saturated carbocycles. The Morgan fingerprint density at radius 2 is 1.86 bits per heavy atom. The van der Waals surface area contributed by atoms with Crippen molar-refractivity contribution in [2.45, 2.75) is 25.9 Å². The fraction of sp³-hybridized carbons (Fsp3) is 0.235. The van der Waals surface area contributed by atoms with Crippen LogP contribution in [0.15, 0.2) is 47.6 Å². The first kappa shape index (κ1) is 13.5. The highest BCUT2D eigenvalue weighted by molar-refractivity contribution is 5.97. The molecule has 0 fully saturated rings. The quantitative estimate of drug-likeness (QED) is 0.392. The SMILES string of the molecule is NC(=NO)c1ccc(OCc2ccc3c(c2)CCC3)cc1. The lowest BCUT2D eigenvalue weighted by Crippen LogP contribution is -2.12. The third-order valence-corrected chi connectivity index (χ3v) is 3.83. The Kier molecular flexibility index (Phi) is 3.77. The zero-order valence-corrected chi connectivity index (χ0v) is 11.7. The molecule has 3 N–H and O–H groups in total. The second kappa shape index (κ2) is 5.87. The van der Waals surface area contributed by atoms with Gasteiger partial charge in [0.25, 0.3) is 0 Å². The van der Waals surface area contributed by atoms with E-state index in [4.69, 9.17) is 15.7 Å². The molecule has 2 aromatic rings. The van der Waals surface area contributed by atoms with E-state index in [1.54, 1.807) is 12.1 Å². The van der Waals surface area contributed by atoms with Gasteiger partial charge in [-0.05, 0) is 60.2 Å². The maximum absolute atomic E-state index is 8.62. The maximum Gasteiger partial charge on any atom is 0.170 e. The molecule has 1 aliphatic carbocycles. The average molecular weight is 282 g/mol. The monoisotopic (exact) mass is 282 g/mol. The van der Waals surface area contributed by atoms with Crippen LogP contribution in [0.25, 0.3) is 0 Å². The van der Waals surface area contributed by atoms with Crippen molar-refractivity contribution in [1.82, 2.24) is 0 Å². The molecule has 0 radical (unpaired) electrons. The summed E-state index contributed by atoms with van der Waals surface area (Å²) in [6, 6.07) is 13.8.